The van der Waals surface area contributed by atoms with Crippen molar-refractivity contribution in [3.05, 3.63) is 60.0 Å². The average molecular weight is 527 g/mol. The Kier molecular flexibility index (Phi) is 10.3. The fourth-order valence-electron chi connectivity index (χ4n) is 3.43. The standard InChI is InChI=1S/C22H30FN5O.HI/c1-17(18-8-4-3-5-9-18)29-15-7-13-26-22(24-2)27-19-11-14-28(16-19)21-20(23)10-6-12-25-21;/h3-6,8-10,12,17,19H,7,11,13-16H2,1-2H3,(H2,24,26,27);1H. The summed E-state index contributed by atoms with van der Waals surface area (Å²) in [5.74, 6) is 0.902. The zero-order valence-corrected chi connectivity index (χ0v) is 19.9. The van der Waals surface area contributed by atoms with Gasteiger partial charge in [0, 0.05) is 45.5 Å². The summed E-state index contributed by atoms with van der Waals surface area (Å²) in [6, 6.07) is 13.5. The lowest BCUT2D eigenvalue weighted by molar-refractivity contribution is 0.0646. The van der Waals surface area contributed by atoms with Crippen LogP contribution >= 0.6 is 24.0 Å². The Labute approximate surface area is 195 Å². The molecule has 2 heterocycles. The SMILES string of the molecule is CN=C(NCCCOC(C)c1ccccc1)NC1CCN(c2ncccc2F)C1.I. The van der Waals surface area contributed by atoms with Gasteiger partial charge in [0.2, 0.25) is 0 Å². The van der Waals surface area contributed by atoms with Crippen molar-refractivity contribution in [2.75, 3.05) is 38.2 Å². The number of anilines is 1. The number of nitrogens with zero attached hydrogens (tertiary/aromatic N) is 3. The Morgan fingerprint density at radius 3 is 2.83 bits per heavy atom. The molecule has 0 spiro atoms. The number of aromatic nitrogens is 1. The van der Waals surface area contributed by atoms with Gasteiger partial charge in [0.15, 0.2) is 17.6 Å². The van der Waals surface area contributed by atoms with Crippen molar-refractivity contribution in [3.8, 4) is 0 Å². The number of rotatable bonds is 8. The van der Waals surface area contributed by atoms with Crippen LogP contribution in [0.5, 0.6) is 0 Å². The predicted octanol–water partition coefficient (Wildman–Crippen LogP) is 3.75. The fourth-order valence-corrected chi connectivity index (χ4v) is 3.43. The Hall–Kier alpha value is -1.94. The molecule has 1 aliphatic heterocycles. The Morgan fingerprint density at radius 2 is 2.10 bits per heavy atom. The minimum atomic E-state index is -0.277. The first kappa shape index (κ1) is 24.3. The Bertz CT molecular complexity index is 792. The van der Waals surface area contributed by atoms with Gasteiger partial charge in [0.05, 0.1) is 6.10 Å². The molecular formula is C22H31FIN5O. The number of ether oxygens (including phenoxy) is 1. The van der Waals surface area contributed by atoms with Crippen LogP contribution in [0.25, 0.3) is 0 Å². The number of hydrogen-bond acceptors (Lipinski definition) is 4. The number of pyridine rings is 1. The van der Waals surface area contributed by atoms with Crippen LogP contribution in [-0.2, 0) is 4.74 Å². The van der Waals surface area contributed by atoms with Crippen molar-refractivity contribution in [1.29, 1.82) is 0 Å². The highest BCUT2D eigenvalue weighted by molar-refractivity contribution is 14.0. The summed E-state index contributed by atoms with van der Waals surface area (Å²) in [5, 5.41) is 6.74. The Morgan fingerprint density at radius 1 is 1.30 bits per heavy atom. The van der Waals surface area contributed by atoms with E-state index in [2.05, 4.69) is 39.7 Å². The molecule has 1 saturated heterocycles. The lowest BCUT2D eigenvalue weighted by Gasteiger charge is -2.20. The molecule has 0 amide bonds. The van der Waals surface area contributed by atoms with E-state index in [0.717, 1.165) is 31.9 Å². The highest BCUT2D eigenvalue weighted by Gasteiger charge is 2.25. The third-order valence-electron chi connectivity index (χ3n) is 5.04. The summed E-state index contributed by atoms with van der Waals surface area (Å²) in [6.45, 7) is 4.99. The number of hydrogen-bond donors (Lipinski definition) is 2. The number of guanidine groups is 1. The van der Waals surface area contributed by atoms with E-state index < -0.39 is 0 Å². The molecule has 0 radical (unpaired) electrons. The molecule has 0 aliphatic carbocycles. The van der Waals surface area contributed by atoms with Gasteiger partial charge in [-0.15, -0.1) is 24.0 Å². The van der Waals surface area contributed by atoms with Crippen LogP contribution in [0.2, 0.25) is 0 Å². The molecule has 2 unspecified atom stereocenters. The monoisotopic (exact) mass is 527 g/mol. The van der Waals surface area contributed by atoms with Crippen molar-refractivity contribution in [2.45, 2.75) is 31.9 Å². The summed E-state index contributed by atoms with van der Waals surface area (Å²) < 4.78 is 19.8. The van der Waals surface area contributed by atoms with Gasteiger partial charge in [-0.2, -0.15) is 0 Å². The van der Waals surface area contributed by atoms with Crippen LogP contribution in [0.3, 0.4) is 0 Å². The molecule has 0 saturated carbocycles. The smallest absolute Gasteiger partial charge is 0.191 e. The minimum absolute atomic E-state index is 0. The van der Waals surface area contributed by atoms with Crippen LogP contribution in [0, 0.1) is 5.82 Å². The molecule has 1 aliphatic rings. The van der Waals surface area contributed by atoms with Gasteiger partial charge in [-0.05, 0) is 37.5 Å². The van der Waals surface area contributed by atoms with Gasteiger partial charge in [0.25, 0.3) is 0 Å². The lowest BCUT2D eigenvalue weighted by Crippen LogP contribution is -2.45. The van der Waals surface area contributed by atoms with E-state index in [-0.39, 0.29) is 41.9 Å². The highest BCUT2D eigenvalue weighted by atomic mass is 127. The van der Waals surface area contributed by atoms with Gasteiger partial charge in [-0.1, -0.05) is 30.3 Å². The van der Waals surface area contributed by atoms with E-state index in [9.17, 15) is 4.39 Å². The zero-order chi connectivity index (χ0) is 20.5. The second kappa shape index (κ2) is 12.7. The van der Waals surface area contributed by atoms with Crippen LogP contribution in [0.15, 0.2) is 53.7 Å². The first-order chi connectivity index (χ1) is 14.2. The van der Waals surface area contributed by atoms with Crippen molar-refractivity contribution in [3.63, 3.8) is 0 Å². The molecule has 0 bridgehead atoms. The Balaban J connectivity index is 0.00000320. The van der Waals surface area contributed by atoms with Crippen LogP contribution in [-0.4, -0.2) is 50.3 Å². The van der Waals surface area contributed by atoms with Crippen LogP contribution in [0.4, 0.5) is 10.2 Å². The number of aliphatic imine (C=N–C) groups is 1. The molecule has 1 aromatic carbocycles. The molecule has 6 nitrogen and oxygen atoms in total. The van der Waals surface area contributed by atoms with Gasteiger partial charge in [0.1, 0.15) is 0 Å². The largest absolute Gasteiger partial charge is 0.374 e. The van der Waals surface area contributed by atoms with Crippen LogP contribution < -0.4 is 15.5 Å². The molecule has 1 fully saturated rings. The second-order valence-corrected chi connectivity index (χ2v) is 7.16. The number of benzene rings is 1. The van der Waals surface area contributed by atoms with Crippen molar-refractivity contribution in [2.24, 2.45) is 4.99 Å². The molecule has 8 heteroatoms. The van der Waals surface area contributed by atoms with E-state index >= 15 is 0 Å². The van der Waals surface area contributed by atoms with Crippen LogP contribution in [0.1, 0.15) is 31.4 Å². The van der Waals surface area contributed by atoms with Gasteiger partial charge in [-0.3, -0.25) is 4.99 Å². The zero-order valence-electron chi connectivity index (χ0n) is 17.6. The number of nitrogens with one attached hydrogen (secondary N) is 2. The van der Waals surface area contributed by atoms with Gasteiger partial charge >= 0.3 is 0 Å². The van der Waals surface area contributed by atoms with Crippen molar-refractivity contribution < 1.29 is 9.13 Å². The average Bonchev–Trinajstić information content (AvgIpc) is 3.21. The van der Waals surface area contributed by atoms with Crippen molar-refractivity contribution in [1.82, 2.24) is 15.6 Å². The minimum Gasteiger partial charge on any atom is -0.374 e. The molecule has 164 valence electrons. The summed E-state index contributed by atoms with van der Waals surface area (Å²) in [7, 11) is 1.76. The maximum absolute atomic E-state index is 13.9. The maximum Gasteiger partial charge on any atom is 0.191 e. The van der Waals surface area contributed by atoms with E-state index in [1.807, 2.05) is 23.1 Å². The van der Waals surface area contributed by atoms with Crippen molar-refractivity contribution >= 4 is 35.8 Å². The topological polar surface area (TPSA) is 61.8 Å². The predicted molar refractivity (Wildman–Crippen MR) is 130 cm³/mol. The fraction of sp³-hybridized carbons (Fsp3) is 0.455. The second-order valence-electron chi connectivity index (χ2n) is 7.16. The first-order valence-electron chi connectivity index (χ1n) is 10.2. The normalized spacial score (nSPS) is 17.4. The molecule has 3 rings (SSSR count). The van der Waals surface area contributed by atoms with E-state index in [0.29, 0.717) is 19.0 Å². The summed E-state index contributed by atoms with van der Waals surface area (Å²) >= 11 is 0. The van der Waals surface area contributed by atoms with E-state index in [4.69, 9.17) is 4.74 Å². The third kappa shape index (κ3) is 7.09. The highest BCUT2D eigenvalue weighted by Crippen LogP contribution is 2.20. The molecule has 30 heavy (non-hydrogen) atoms. The summed E-state index contributed by atoms with van der Waals surface area (Å²) in [6.07, 6.45) is 3.51. The molecular weight excluding hydrogens is 496 g/mol. The molecule has 2 aromatic rings. The maximum atomic E-state index is 13.9. The van der Waals surface area contributed by atoms with E-state index in [1.54, 1.807) is 19.3 Å². The third-order valence-corrected chi connectivity index (χ3v) is 5.04. The summed E-state index contributed by atoms with van der Waals surface area (Å²) in [5.41, 5.74) is 1.19. The van der Waals surface area contributed by atoms with E-state index in [1.165, 1.54) is 11.6 Å². The van der Waals surface area contributed by atoms with Gasteiger partial charge < -0.3 is 20.3 Å². The quantitative estimate of drug-likeness (QED) is 0.237. The summed E-state index contributed by atoms with van der Waals surface area (Å²) in [4.78, 5) is 10.4. The molecule has 1 aromatic heterocycles. The number of halogens is 2. The van der Waals surface area contributed by atoms with Gasteiger partial charge in [-0.25, -0.2) is 9.37 Å². The molecule has 2 N–H and O–H groups in total. The molecule has 2 atom stereocenters. The lowest BCUT2D eigenvalue weighted by atomic mass is 10.1. The first-order valence-corrected chi connectivity index (χ1v) is 10.2.